The van der Waals surface area contributed by atoms with E-state index in [9.17, 15) is 18.0 Å². The molecule has 0 unspecified atom stereocenters. The van der Waals surface area contributed by atoms with Gasteiger partial charge in [-0.2, -0.15) is 0 Å². The number of sulfonamides is 1. The molecule has 8 nitrogen and oxygen atoms in total. The van der Waals surface area contributed by atoms with E-state index in [1.807, 2.05) is 0 Å². The zero-order chi connectivity index (χ0) is 21.4. The van der Waals surface area contributed by atoms with E-state index in [4.69, 9.17) is 27.9 Å². The lowest BCUT2D eigenvalue weighted by atomic mass is 10.2. The fourth-order valence-electron chi connectivity index (χ4n) is 2.19. The van der Waals surface area contributed by atoms with Gasteiger partial charge in [0, 0.05) is 17.0 Å². The lowest BCUT2D eigenvalue weighted by molar-refractivity contribution is -0.122. The molecule has 11 heteroatoms. The number of hydrogen-bond acceptors (Lipinski definition) is 5. The molecule has 0 saturated carbocycles. The molecule has 0 aliphatic carbocycles. The molecular formula is C18H19Cl2N3O5S. The van der Waals surface area contributed by atoms with Crippen LogP contribution in [-0.2, 0) is 14.8 Å². The van der Waals surface area contributed by atoms with E-state index < -0.39 is 21.8 Å². The number of rotatable bonds is 8. The summed E-state index contributed by atoms with van der Waals surface area (Å²) in [7, 11) is -2.41. The molecule has 29 heavy (non-hydrogen) atoms. The lowest BCUT2D eigenvalue weighted by Gasteiger charge is -2.10. The number of halogens is 2. The summed E-state index contributed by atoms with van der Waals surface area (Å²) < 4.78 is 31.2. The van der Waals surface area contributed by atoms with Gasteiger partial charge in [-0.3, -0.25) is 20.4 Å². The third kappa shape index (κ3) is 6.90. The Hall–Kier alpha value is -2.33. The molecule has 0 aromatic heterocycles. The van der Waals surface area contributed by atoms with Crippen molar-refractivity contribution in [1.29, 1.82) is 0 Å². The summed E-state index contributed by atoms with van der Waals surface area (Å²) in [6.45, 7) is 0.243. The van der Waals surface area contributed by atoms with Crippen molar-refractivity contribution < 1.29 is 22.7 Å². The SMILES string of the molecule is CNS(=O)(=O)c1cccc(C(=O)NNC(=O)CCCOc2ccc(Cl)cc2Cl)c1. The highest BCUT2D eigenvalue weighted by Crippen LogP contribution is 2.27. The van der Waals surface area contributed by atoms with Gasteiger partial charge in [0.05, 0.1) is 16.5 Å². The highest BCUT2D eigenvalue weighted by Gasteiger charge is 2.14. The molecule has 2 rings (SSSR count). The summed E-state index contributed by atoms with van der Waals surface area (Å²) in [6.07, 6.45) is 0.482. The van der Waals surface area contributed by atoms with E-state index in [-0.39, 0.29) is 23.5 Å². The Bertz CT molecular complexity index is 999. The normalized spacial score (nSPS) is 11.0. The van der Waals surface area contributed by atoms with Crippen molar-refractivity contribution in [1.82, 2.24) is 15.6 Å². The van der Waals surface area contributed by atoms with Crippen molar-refractivity contribution in [3.63, 3.8) is 0 Å². The van der Waals surface area contributed by atoms with Crippen LogP contribution >= 0.6 is 23.2 Å². The van der Waals surface area contributed by atoms with Crippen LogP contribution in [-0.4, -0.2) is 33.9 Å². The number of nitrogens with one attached hydrogen (secondary N) is 3. The summed E-state index contributed by atoms with van der Waals surface area (Å²) in [5.41, 5.74) is 4.59. The Morgan fingerprint density at radius 1 is 1.07 bits per heavy atom. The van der Waals surface area contributed by atoms with Gasteiger partial charge < -0.3 is 4.74 Å². The molecule has 0 bridgehead atoms. The fourth-order valence-corrected chi connectivity index (χ4v) is 3.43. The predicted octanol–water partition coefficient (Wildman–Crippen LogP) is 2.52. The highest BCUT2D eigenvalue weighted by molar-refractivity contribution is 7.89. The summed E-state index contributed by atoms with van der Waals surface area (Å²) in [6, 6.07) is 10.2. The average Bonchev–Trinajstić information content (AvgIpc) is 2.70. The van der Waals surface area contributed by atoms with Gasteiger partial charge in [0.2, 0.25) is 15.9 Å². The van der Waals surface area contributed by atoms with E-state index in [1.165, 1.54) is 31.3 Å². The third-order valence-corrected chi connectivity index (χ3v) is 5.63. The average molecular weight is 460 g/mol. The molecular weight excluding hydrogens is 441 g/mol. The number of benzene rings is 2. The zero-order valence-corrected chi connectivity index (χ0v) is 17.7. The van der Waals surface area contributed by atoms with Gasteiger partial charge in [0.1, 0.15) is 5.75 Å². The molecule has 156 valence electrons. The van der Waals surface area contributed by atoms with Crippen LogP contribution in [0.2, 0.25) is 10.0 Å². The number of carbonyl (C=O) groups is 2. The maximum atomic E-state index is 12.1. The van der Waals surface area contributed by atoms with Crippen LogP contribution < -0.4 is 20.3 Å². The van der Waals surface area contributed by atoms with Crippen molar-refractivity contribution in [2.75, 3.05) is 13.7 Å². The topological polar surface area (TPSA) is 114 Å². The van der Waals surface area contributed by atoms with E-state index >= 15 is 0 Å². The Balaban J connectivity index is 1.77. The Kier molecular flexibility index (Phi) is 8.27. The first-order valence-electron chi connectivity index (χ1n) is 8.43. The number of hydrogen-bond donors (Lipinski definition) is 3. The second-order valence-corrected chi connectivity index (χ2v) is 8.49. The minimum atomic E-state index is -3.68. The van der Waals surface area contributed by atoms with Gasteiger partial charge in [-0.1, -0.05) is 29.3 Å². The Labute approximate surface area is 178 Å². The van der Waals surface area contributed by atoms with Gasteiger partial charge in [0.15, 0.2) is 0 Å². The molecule has 2 aromatic carbocycles. The minimum Gasteiger partial charge on any atom is -0.492 e. The first kappa shape index (κ1) is 23.0. The van der Waals surface area contributed by atoms with E-state index in [2.05, 4.69) is 15.6 Å². The molecule has 0 fully saturated rings. The maximum Gasteiger partial charge on any atom is 0.269 e. The number of hydrazine groups is 1. The van der Waals surface area contributed by atoms with Crippen LogP contribution in [0.3, 0.4) is 0 Å². The Morgan fingerprint density at radius 2 is 1.83 bits per heavy atom. The minimum absolute atomic E-state index is 0.0583. The van der Waals surface area contributed by atoms with E-state index in [0.717, 1.165) is 0 Å². The molecule has 3 N–H and O–H groups in total. The first-order chi connectivity index (χ1) is 13.7. The standard InChI is InChI=1S/C18H19Cl2N3O5S/c1-21-29(26,27)14-5-2-4-12(10-14)18(25)23-22-17(24)6-3-9-28-16-8-7-13(19)11-15(16)20/h2,4-5,7-8,10-11,21H,3,6,9H2,1H3,(H,22,24)(H,23,25). The Morgan fingerprint density at radius 3 is 2.52 bits per heavy atom. The molecule has 0 aliphatic rings. The van der Waals surface area contributed by atoms with Crippen LogP contribution in [0.5, 0.6) is 5.75 Å². The second-order valence-electron chi connectivity index (χ2n) is 5.76. The van der Waals surface area contributed by atoms with Gasteiger partial charge in [-0.25, -0.2) is 13.1 Å². The van der Waals surface area contributed by atoms with Crippen LogP contribution in [0.4, 0.5) is 0 Å². The van der Waals surface area contributed by atoms with Crippen LogP contribution in [0.15, 0.2) is 47.4 Å². The molecule has 0 aliphatic heterocycles. The molecule has 0 saturated heterocycles. The second kappa shape index (κ2) is 10.4. The molecule has 0 atom stereocenters. The fraction of sp³-hybridized carbons (Fsp3) is 0.222. The van der Waals surface area contributed by atoms with Crippen molar-refractivity contribution in [2.24, 2.45) is 0 Å². The highest BCUT2D eigenvalue weighted by atomic mass is 35.5. The summed E-state index contributed by atoms with van der Waals surface area (Å²) in [5, 5.41) is 0.864. The van der Waals surface area contributed by atoms with Crippen LogP contribution in [0.1, 0.15) is 23.2 Å². The largest absolute Gasteiger partial charge is 0.492 e. The molecule has 0 heterocycles. The number of carbonyl (C=O) groups excluding carboxylic acids is 2. The molecule has 0 radical (unpaired) electrons. The number of ether oxygens (including phenoxy) is 1. The molecule has 0 spiro atoms. The zero-order valence-electron chi connectivity index (χ0n) is 15.4. The maximum absolute atomic E-state index is 12.1. The summed E-state index contributed by atoms with van der Waals surface area (Å²) >= 11 is 11.8. The molecule has 2 aromatic rings. The van der Waals surface area contributed by atoms with Crippen molar-refractivity contribution in [3.8, 4) is 5.75 Å². The third-order valence-electron chi connectivity index (χ3n) is 3.69. The van der Waals surface area contributed by atoms with Gasteiger partial charge >= 0.3 is 0 Å². The predicted molar refractivity (Wildman–Crippen MR) is 109 cm³/mol. The first-order valence-corrected chi connectivity index (χ1v) is 10.7. The van der Waals surface area contributed by atoms with E-state index in [1.54, 1.807) is 18.2 Å². The smallest absolute Gasteiger partial charge is 0.269 e. The van der Waals surface area contributed by atoms with Gasteiger partial charge in [-0.05, 0) is 49.9 Å². The van der Waals surface area contributed by atoms with Crippen molar-refractivity contribution >= 4 is 45.0 Å². The quantitative estimate of drug-likeness (QED) is 0.414. The van der Waals surface area contributed by atoms with Crippen LogP contribution in [0, 0.1) is 0 Å². The lowest BCUT2D eigenvalue weighted by Crippen LogP contribution is -2.41. The monoisotopic (exact) mass is 459 g/mol. The van der Waals surface area contributed by atoms with Gasteiger partial charge in [0.25, 0.3) is 5.91 Å². The van der Waals surface area contributed by atoms with E-state index in [0.29, 0.717) is 22.2 Å². The van der Waals surface area contributed by atoms with Crippen molar-refractivity contribution in [3.05, 3.63) is 58.1 Å². The van der Waals surface area contributed by atoms with Gasteiger partial charge in [-0.15, -0.1) is 0 Å². The molecule has 2 amide bonds. The van der Waals surface area contributed by atoms with Crippen LogP contribution in [0.25, 0.3) is 0 Å². The summed E-state index contributed by atoms with van der Waals surface area (Å²) in [5.74, 6) is -0.611. The van der Waals surface area contributed by atoms with Crippen molar-refractivity contribution in [2.45, 2.75) is 17.7 Å². The summed E-state index contributed by atoms with van der Waals surface area (Å²) in [4.78, 5) is 23.9. The number of amides is 2.